The number of halogens is 1. The summed E-state index contributed by atoms with van der Waals surface area (Å²) in [4.78, 5) is 13.4. The summed E-state index contributed by atoms with van der Waals surface area (Å²) >= 11 is 6.27. The maximum atomic E-state index is 13.5. The number of hydrogen-bond acceptors (Lipinski definition) is 4. The fourth-order valence-corrected chi connectivity index (χ4v) is 5.76. The van der Waals surface area contributed by atoms with Gasteiger partial charge in [0.25, 0.3) is 15.9 Å². The van der Waals surface area contributed by atoms with Crippen LogP contribution in [0.1, 0.15) is 10.4 Å². The highest BCUT2D eigenvalue weighted by molar-refractivity contribution is 7.92. The molecule has 0 unspecified atom stereocenters. The third-order valence-corrected chi connectivity index (χ3v) is 7.68. The molecule has 0 radical (unpaired) electrons. The van der Waals surface area contributed by atoms with Gasteiger partial charge in [0.2, 0.25) is 0 Å². The summed E-state index contributed by atoms with van der Waals surface area (Å²) in [6, 6.07) is 28.3. The fraction of sp³-hybridized carbons (Fsp3) is 0.0357. The van der Waals surface area contributed by atoms with Gasteiger partial charge in [0.1, 0.15) is 10.6 Å². The standard InChI is InChI=1S/C28H21ClN2O4S/c1-35-25-13-7-6-12-24(25)31-36(33,34)26-17-20(14-15-23(26)29)30-28(32)27-21-10-4-2-8-18(21)16-19-9-3-5-11-22(19)27/h2-17,31H,1H3,(H,30,32). The maximum Gasteiger partial charge on any atom is 0.263 e. The lowest BCUT2D eigenvalue weighted by Crippen LogP contribution is -2.16. The van der Waals surface area contributed by atoms with Gasteiger partial charge in [-0.3, -0.25) is 9.52 Å². The Hall–Kier alpha value is -4.07. The third-order valence-electron chi connectivity index (χ3n) is 5.83. The van der Waals surface area contributed by atoms with Gasteiger partial charge in [-0.05, 0) is 57.9 Å². The smallest absolute Gasteiger partial charge is 0.263 e. The van der Waals surface area contributed by atoms with Crippen molar-refractivity contribution in [3.8, 4) is 5.75 Å². The van der Waals surface area contributed by atoms with E-state index in [1.807, 2.05) is 54.6 Å². The Kier molecular flexibility index (Phi) is 6.26. The lowest BCUT2D eigenvalue weighted by atomic mass is 9.96. The Balaban J connectivity index is 1.53. The Bertz CT molecular complexity index is 1680. The van der Waals surface area contributed by atoms with Crippen LogP contribution in [0.4, 0.5) is 11.4 Å². The van der Waals surface area contributed by atoms with Crippen molar-refractivity contribution in [3.63, 3.8) is 0 Å². The number of amides is 1. The molecule has 6 nitrogen and oxygen atoms in total. The molecule has 0 saturated heterocycles. The van der Waals surface area contributed by atoms with Gasteiger partial charge < -0.3 is 10.1 Å². The highest BCUT2D eigenvalue weighted by Crippen LogP contribution is 2.32. The van der Waals surface area contributed by atoms with Crippen molar-refractivity contribution >= 4 is 60.5 Å². The van der Waals surface area contributed by atoms with Crippen molar-refractivity contribution in [2.45, 2.75) is 4.90 Å². The van der Waals surface area contributed by atoms with Gasteiger partial charge in [0.15, 0.2) is 0 Å². The van der Waals surface area contributed by atoms with E-state index in [-0.39, 0.29) is 21.5 Å². The van der Waals surface area contributed by atoms with Crippen molar-refractivity contribution in [2.24, 2.45) is 0 Å². The first-order chi connectivity index (χ1) is 17.4. The van der Waals surface area contributed by atoms with E-state index in [2.05, 4.69) is 10.0 Å². The van der Waals surface area contributed by atoms with Crippen LogP contribution in [0.3, 0.4) is 0 Å². The highest BCUT2D eigenvalue weighted by atomic mass is 35.5. The number of rotatable bonds is 6. The first kappa shape index (κ1) is 23.7. The van der Waals surface area contributed by atoms with E-state index in [4.69, 9.17) is 16.3 Å². The van der Waals surface area contributed by atoms with Crippen LogP contribution in [0.15, 0.2) is 102 Å². The molecular weight excluding hydrogens is 496 g/mol. The van der Waals surface area contributed by atoms with Crippen LogP contribution >= 0.6 is 11.6 Å². The number of sulfonamides is 1. The van der Waals surface area contributed by atoms with E-state index in [1.165, 1.54) is 19.2 Å². The molecule has 0 bridgehead atoms. The monoisotopic (exact) mass is 516 g/mol. The number of anilines is 2. The van der Waals surface area contributed by atoms with Crippen LogP contribution < -0.4 is 14.8 Å². The fourth-order valence-electron chi connectivity index (χ4n) is 4.17. The zero-order valence-electron chi connectivity index (χ0n) is 19.2. The van der Waals surface area contributed by atoms with E-state index >= 15 is 0 Å². The molecule has 8 heteroatoms. The molecular formula is C28H21ClN2O4S. The van der Waals surface area contributed by atoms with E-state index in [1.54, 1.807) is 30.3 Å². The molecule has 0 aromatic heterocycles. The second-order valence-electron chi connectivity index (χ2n) is 8.10. The summed E-state index contributed by atoms with van der Waals surface area (Å²) in [5, 5.41) is 6.34. The second-order valence-corrected chi connectivity index (χ2v) is 10.2. The predicted molar refractivity (Wildman–Crippen MR) is 145 cm³/mol. The number of carbonyl (C=O) groups is 1. The van der Waals surface area contributed by atoms with Crippen LogP contribution in [-0.4, -0.2) is 21.4 Å². The number of methoxy groups -OCH3 is 1. The average molecular weight is 517 g/mol. The van der Waals surface area contributed by atoms with Gasteiger partial charge in [0, 0.05) is 5.69 Å². The SMILES string of the molecule is COc1ccccc1NS(=O)(=O)c1cc(NC(=O)c2c3ccccc3cc3ccccc23)ccc1Cl. The molecule has 180 valence electrons. The van der Waals surface area contributed by atoms with Gasteiger partial charge in [0.05, 0.1) is 23.4 Å². The molecule has 0 aliphatic heterocycles. The molecule has 0 aliphatic rings. The van der Waals surface area contributed by atoms with Crippen LogP contribution in [0.5, 0.6) is 5.75 Å². The van der Waals surface area contributed by atoms with Crippen LogP contribution in [0.2, 0.25) is 5.02 Å². The van der Waals surface area contributed by atoms with Crippen molar-refractivity contribution < 1.29 is 17.9 Å². The normalized spacial score (nSPS) is 11.4. The van der Waals surface area contributed by atoms with Crippen molar-refractivity contribution in [1.29, 1.82) is 0 Å². The Labute approximate surface area is 213 Å². The highest BCUT2D eigenvalue weighted by Gasteiger charge is 2.22. The summed E-state index contributed by atoms with van der Waals surface area (Å²) in [6.45, 7) is 0. The first-order valence-electron chi connectivity index (χ1n) is 11.0. The maximum absolute atomic E-state index is 13.5. The summed E-state index contributed by atoms with van der Waals surface area (Å²) in [7, 11) is -2.63. The van der Waals surface area contributed by atoms with E-state index < -0.39 is 10.0 Å². The van der Waals surface area contributed by atoms with Crippen LogP contribution in [0, 0.1) is 0 Å². The minimum atomic E-state index is -4.08. The zero-order valence-corrected chi connectivity index (χ0v) is 20.7. The van der Waals surface area contributed by atoms with Crippen LogP contribution in [-0.2, 0) is 10.0 Å². The summed E-state index contributed by atoms with van der Waals surface area (Å²) in [6.07, 6.45) is 0. The number of fused-ring (bicyclic) bond motifs is 2. The zero-order chi connectivity index (χ0) is 25.3. The molecule has 5 rings (SSSR count). The predicted octanol–water partition coefficient (Wildman–Crippen LogP) is 6.71. The van der Waals surface area contributed by atoms with Gasteiger partial charge in [-0.1, -0.05) is 72.3 Å². The summed E-state index contributed by atoms with van der Waals surface area (Å²) < 4.78 is 34.1. The molecule has 0 saturated carbocycles. The van der Waals surface area contributed by atoms with E-state index in [0.717, 1.165) is 21.5 Å². The first-order valence-corrected chi connectivity index (χ1v) is 12.9. The Morgan fingerprint density at radius 3 is 2.08 bits per heavy atom. The largest absolute Gasteiger partial charge is 0.495 e. The molecule has 5 aromatic rings. The van der Waals surface area contributed by atoms with E-state index in [0.29, 0.717) is 17.0 Å². The van der Waals surface area contributed by atoms with Gasteiger partial charge in [-0.2, -0.15) is 0 Å². The molecule has 0 spiro atoms. The lowest BCUT2D eigenvalue weighted by Gasteiger charge is -2.15. The van der Waals surface area contributed by atoms with Crippen molar-refractivity contribution in [2.75, 3.05) is 17.1 Å². The van der Waals surface area contributed by atoms with Crippen molar-refractivity contribution in [3.05, 3.63) is 108 Å². The Morgan fingerprint density at radius 2 is 1.42 bits per heavy atom. The molecule has 0 fully saturated rings. The number of hydrogen-bond donors (Lipinski definition) is 2. The minimum Gasteiger partial charge on any atom is -0.495 e. The average Bonchev–Trinajstić information content (AvgIpc) is 2.88. The van der Waals surface area contributed by atoms with Gasteiger partial charge in [-0.25, -0.2) is 8.42 Å². The van der Waals surface area contributed by atoms with E-state index in [9.17, 15) is 13.2 Å². The summed E-state index contributed by atoms with van der Waals surface area (Å²) in [5.41, 5.74) is 1.07. The number of nitrogens with one attached hydrogen (secondary N) is 2. The van der Waals surface area contributed by atoms with Crippen molar-refractivity contribution in [1.82, 2.24) is 0 Å². The number of para-hydroxylation sites is 2. The molecule has 0 heterocycles. The molecule has 36 heavy (non-hydrogen) atoms. The number of benzene rings is 5. The Morgan fingerprint density at radius 1 is 0.806 bits per heavy atom. The summed E-state index contributed by atoms with van der Waals surface area (Å²) in [5.74, 6) is 0.0100. The lowest BCUT2D eigenvalue weighted by molar-refractivity contribution is 0.102. The van der Waals surface area contributed by atoms with Crippen LogP contribution in [0.25, 0.3) is 21.5 Å². The molecule has 1 amide bonds. The molecule has 0 atom stereocenters. The molecule has 5 aromatic carbocycles. The third kappa shape index (κ3) is 4.46. The quantitative estimate of drug-likeness (QED) is 0.246. The van der Waals surface area contributed by atoms with Gasteiger partial charge >= 0.3 is 0 Å². The molecule has 2 N–H and O–H groups in total. The minimum absolute atomic E-state index is 0.0195. The number of ether oxygens (including phenoxy) is 1. The molecule has 0 aliphatic carbocycles. The second kappa shape index (κ2) is 9.53. The number of carbonyl (C=O) groups excluding carboxylic acids is 1. The topological polar surface area (TPSA) is 84.5 Å². The van der Waals surface area contributed by atoms with Gasteiger partial charge in [-0.15, -0.1) is 0 Å².